The van der Waals surface area contributed by atoms with Crippen molar-refractivity contribution in [3.8, 4) is 5.75 Å². The van der Waals surface area contributed by atoms with E-state index in [1.54, 1.807) is 4.90 Å². The Hall–Kier alpha value is -2.04. The molecule has 1 N–H and O–H groups in total. The number of amides is 1. The summed E-state index contributed by atoms with van der Waals surface area (Å²) in [5.74, 6) is -0.733. The number of unbranched alkanes of at least 4 members (excludes halogenated alkanes) is 2. The summed E-state index contributed by atoms with van der Waals surface area (Å²) in [6.07, 6.45) is 3.49. The Morgan fingerprint density at radius 2 is 2.05 bits per heavy atom. The van der Waals surface area contributed by atoms with Crippen LogP contribution in [0, 0.1) is 5.92 Å². The van der Waals surface area contributed by atoms with Crippen molar-refractivity contribution in [2.24, 2.45) is 5.92 Å². The molecule has 1 aromatic rings. The van der Waals surface area contributed by atoms with Crippen molar-refractivity contribution in [2.45, 2.75) is 39.2 Å². The van der Waals surface area contributed by atoms with Crippen LogP contribution in [0.15, 0.2) is 24.3 Å². The van der Waals surface area contributed by atoms with Crippen LogP contribution < -0.4 is 4.74 Å². The van der Waals surface area contributed by atoms with Crippen molar-refractivity contribution in [1.29, 1.82) is 0 Å². The van der Waals surface area contributed by atoms with Gasteiger partial charge in [0.1, 0.15) is 5.75 Å². The zero-order valence-electron chi connectivity index (χ0n) is 13.0. The largest absolute Gasteiger partial charge is 0.494 e. The Kier molecular flexibility index (Phi) is 5.81. The van der Waals surface area contributed by atoms with Gasteiger partial charge in [-0.25, -0.2) is 0 Å². The summed E-state index contributed by atoms with van der Waals surface area (Å²) in [4.78, 5) is 24.3. The van der Waals surface area contributed by atoms with Gasteiger partial charge in [-0.15, -0.1) is 0 Å². The van der Waals surface area contributed by atoms with E-state index in [-0.39, 0.29) is 12.3 Å². The molecule has 0 spiro atoms. The van der Waals surface area contributed by atoms with Gasteiger partial charge < -0.3 is 14.7 Å². The van der Waals surface area contributed by atoms with Crippen LogP contribution in [-0.4, -0.2) is 35.0 Å². The van der Waals surface area contributed by atoms with Crippen molar-refractivity contribution < 1.29 is 19.4 Å². The highest BCUT2D eigenvalue weighted by Crippen LogP contribution is 2.21. The maximum atomic E-state index is 11.8. The van der Waals surface area contributed by atoms with Crippen molar-refractivity contribution >= 4 is 11.9 Å². The van der Waals surface area contributed by atoms with E-state index in [2.05, 4.69) is 6.92 Å². The lowest BCUT2D eigenvalue weighted by Crippen LogP contribution is -2.25. The third-order valence-electron chi connectivity index (χ3n) is 3.88. The number of likely N-dealkylation sites (tertiary alicyclic amines) is 1. The smallest absolute Gasteiger partial charge is 0.308 e. The van der Waals surface area contributed by atoms with Crippen LogP contribution in [0.5, 0.6) is 5.75 Å². The molecule has 0 unspecified atom stereocenters. The Labute approximate surface area is 130 Å². The molecule has 1 amide bonds. The van der Waals surface area contributed by atoms with E-state index in [1.807, 2.05) is 24.3 Å². The number of nitrogens with zero attached hydrogens (tertiary/aromatic N) is 1. The first kappa shape index (κ1) is 16.3. The second-order valence-corrected chi connectivity index (χ2v) is 5.71. The summed E-state index contributed by atoms with van der Waals surface area (Å²) in [7, 11) is 0. The van der Waals surface area contributed by atoms with Crippen molar-refractivity contribution in [3.05, 3.63) is 29.8 Å². The number of hydrogen-bond donors (Lipinski definition) is 1. The van der Waals surface area contributed by atoms with Crippen molar-refractivity contribution in [3.63, 3.8) is 0 Å². The predicted molar refractivity (Wildman–Crippen MR) is 82.6 cm³/mol. The standard InChI is InChI=1S/C17H23NO4/c1-2-3-4-9-22-15-7-5-13(6-8-15)11-18-12-14(17(20)21)10-16(18)19/h5-8,14H,2-4,9-12H2,1H3,(H,20,21)/t14-/m1/s1. The first-order valence-corrected chi connectivity index (χ1v) is 7.82. The summed E-state index contributed by atoms with van der Waals surface area (Å²) in [6.45, 7) is 3.63. The van der Waals surface area contributed by atoms with Gasteiger partial charge in [-0.05, 0) is 24.1 Å². The van der Waals surface area contributed by atoms with E-state index in [9.17, 15) is 9.59 Å². The normalized spacial score (nSPS) is 17.8. The van der Waals surface area contributed by atoms with Crippen LogP contribution in [-0.2, 0) is 16.1 Å². The Balaban J connectivity index is 1.83. The minimum Gasteiger partial charge on any atom is -0.494 e. The quantitative estimate of drug-likeness (QED) is 0.750. The first-order valence-electron chi connectivity index (χ1n) is 7.82. The number of aliphatic carboxylic acids is 1. The topological polar surface area (TPSA) is 66.8 Å². The number of hydrogen-bond acceptors (Lipinski definition) is 3. The van der Waals surface area contributed by atoms with E-state index >= 15 is 0 Å². The van der Waals surface area contributed by atoms with Gasteiger partial charge in [-0.3, -0.25) is 9.59 Å². The van der Waals surface area contributed by atoms with E-state index in [4.69, 9.17) is 9.84 Å². The molecule has 1 atom stereocenters. The molecule has 0 bridgehead atoms. The van der Waals surface area contributed by atoms with E-state index < -0.39 is 11.9 Å². The summed E-state index contributed by atoms with van der Waals surface area (Å²) in [5, 5.41) is 8.98. The van der Waals surface area contributed by atoms with Crippen molar-refractivity contribution in [2.75, 3.05) is 13.2 Å². The van der Waals surface area contributed by atoms with Gasteiger partial charge in [-0.1, -0.05) is 31.9 Å². The highest BCUT2D eigenvalue weighted by Gasteiger charge is 2.33. The predicted octanol–water partition coefficient (Wildman–Crippen LogP) is 2.69. The number of carbonyl (C=O) groups is 2. The van der Waals surface area contributed by atoms with Crippen LogP contribution >= 0.6 is 0 Å². The molecule has 1 aliphatic heterocycles. The minimum absolute atomic E-state index is 0.0905. The van der Waals surface area contributed by atoms with Crippen LogP contribution in [0.1, 0.15) is 38.2 Å². The molecule has 0 radical (unpaired) electrons. The van der Waals surface area contributed by atoms with Gasteiger partial charge in [0.15, 0.2) is 0 Å². The zero-order chi connectivity index (χ0) is 15.9. The number of ether oxygens (including phenoxy) is 1. The zero-order valence-corrected chi connectivity index (χ0v) is 13.0. The molecule has 1 heterocycles. The maximum absolute atomic E-state index is 11.8. The average molecular weight is 305 g/mol. The number of rotatable bonds is 8. The molecule has 2 rings (SSSR count). The lowest BCUT2D eigenvalue weighted by molar-refractivity contribution is -0.141. The minimum atomic E-state index is -0.897. The Bertz CT molecular complexity index is 512. The number of carboxylic acids is 1. The SMILES string of the molecule is CCCCCOc1ccc(CN2C[C@H](C(=O)O)CC2=O)cc1. The van der Waals surface area contributed by atoms with Crippen molar-refractivity contribution in [1.82, 2.24) is 4.90 Å². The monoisotopic (exact) mass is 305 g/mol. The Morgan fingerprint density at radius 3 is 2.64 bits per heavy atom. The molecule has 22 heavy (non-hydrogen) atoms. The molecule has 0 aromatic heterocycles. The molecule has 1 aliphatic rings. The third kappa shape index (κ3) is 4.48. The maximum Gasteiger partial charge on any atom is 0.308 e. The third-order valence-corrected chi connectivity index (χ3v) is 3.88. The fourth-order valence-corrected chi connectivity index (χ4v) is 2.54. The molecule has 1 aromatic carbocycles. The summed E-state index contributed by atoms with van der Waals surface area (Å²) in [5.41, 5.74) is 0.986. The van der Waals surface area contributed by atoms with Gasteiger partial charge >= 0.3 is 5.97 Å². The highest BCUT2D eigenvalue weighted by atomic mass is 16.5. The Morgan fingerprint density at radius 1 is 1.32 bits per heavy atom. The second kappa shape index (κ2) is 7.82. The average Bonchev–Trinajstić information content (AvgIpc) is 2.87. The molecule has 0 aliphatic carbocycles. The number of benzene rings is 1. The fourth-order valence-electron chi connectivity index (χ4n) is 2.54. The molecular formula is C17H23NO4. The number of carbonyl (C=O) groups excluding carboxylic acids is 1. The van der Waals surface area contributed by atoms with E-state index in [0.717, 1.165) is 24.3 Å². The van der Waals surface area contributed by atoms with Gasteiger partial charge in [-0.2, -0.15) is 0 Å². The molecule has 0 saturated carbocycles. The van der Waals surface area contributed by atoms with Gasteiger partial charge in [0.25, 0.3) is 0 Å². The molecule has 5 heteroatoms. The first-order chi connectivity index (χ1) is 10.6. The summed E-state index contributed by atoms with van der Waals surface area (Å²) in [6, 6.07) is 7.65. The molecule has 1 saturated heterocycles. The van der Waals surface area contributed by atoms with E-state index in [1.165, 1.54) is 12.8 Å². The van der Waals surface area contributed by atoms with Gasteiger partial charge in [0, 0.05) is 19.5 Å². The molecule has 120 valence electrons. The highest BCUT2D eigenvalue weighted by molar-refractivity contribution is 5.86. The fraction of sp³-hybridized carbons (Fsp3) is 0.529. The van der Waals surface area contributed by atoms with Gasteiger partial charge in [0.05, 0.1) is 12.5 Å². The van der Waals surface area contributed by atoms with Crippen LogP contribution in [0.25, 0.3) is 0 Å². The second-order valence-electron chi connectivity index (χ2n) is 5.71. The number of carboxylic acid groups (broad SMARTS) is 1. The van der Waals surface area contributed by atoms with Crippen LogP contribution in [0.3, 0.4) is 0 Å². The molecular weight excluding hydrogens is 282 g/mol. The van der Waals surface area contributed by atoms with Crippen LogP contribution in [0.2, 0.25) is 0 Å². The lowest BCUT2D eigenvalue weighted by atomic mass is 10.1. The summed E-state index contributed by atoms with van der Waals surface area (Å²) >= 11 is 0. The molecule has 5 nitrogen and oxygen atoms in total. The van der Waals surface area contributed by atoms with Crippen LogP contribution in [0.4, 0.5) is 0 Å². The van der Waals surface area contributed by atoms with E-state index in [0.29, 0.717) is 13.1 Å². The molecule has 1 fully saturated rings. The summed E-state index contributed by atoms with van der Waals surface area (Å²) < 4.78 is 5.64. The van der Waals surface area contributed by atoms with Gasteiger partial charge in [0.2, 0.25) is 5.91 Å². The lowest BCUT2D eigenvalue weighted by Gasteiger charge is -2.16.